The van der Waals surface area contributed by atoms with E-state index in [2.05, 4.69) is 26.1 Å². The molecule has 1 heterocycles. The second kappa shape index (κ2) is 4.64. The van der Waals surface area contributed by atoms with Crippen LogP contribution in [-0.4, -0.2) is 15.5 Å². The maximum Gasteiger partial charge on any atom is 0.335 e. The molecule has 96 valence electrons. The van der Waals surface area contributed by atoms with E-state index in [0.29, 0.717) is 0 Å². The second-order valence-electron chi connectivity index (χ2n) is 6.10. The van der Waals surface area contributed by atoms with Gasteiger partial charge in [-0.1, -0.05) is 20.8 Å². The number of aromatic nitrogens is 1. The molecule has 5 heteroatoms. The highest BCUT2D eigenvalue weighted by atomic mass is 32.1. The second-order valence-corrected chi connectivity index (χ2v) is 7.08. The van der Waals surface area contributed by atoms with E-state index >= 15 is 0 Å². The first-order valence-electron chi connectivity index (χ1n) is 5.61. The molecule has 0 saturated carbocycles. The molecule has 0 aliphatic rings. The summed E-state index contributed by atoms with van der Waals surface area (Å²) in [5.74, 6) is 0. The number of nitrogens with zero attached hydrogens (tertiary/aromatic N) is 1. The Morgan fingerprint density at radius 3 is 2.35 bits per heavy atom. The molecular weight excluding hydrogens is 236 g/mol. The van der Waals surface area contributed by atoms with E-state index in [-0.39, 0.29) is 21.7 Å². The standard InChI is InChI=1S/C12H20N2O2S/c1-11(2,3)8-12(4,5)13-10(16)14-7-6-9(15)17-14/h6-7H,8H2,1-5H3,(H,13,16). The Morgan fingerprint density at radius 1 is 1.35 bits per heavy atom. The molecule has 0 fully saturated rings. The molecule has 1 aromatic heterocycles. The Bertz CT molecular complexity index is 452. The summed E-state index contributed by atoms with van der Waals surface area (Å²) < 4.78 is 1.21. The number of amides is 1. The molecule has 1 N–H and O–H groups in total. The lowest BCUT2D eigenvalue weighted by Gasteiger charge is -2.33. The molecule has 17 heavy (non-hydrogen) atoms. The first-order chi connectivity index (χ1) is 7.59. The smallest absolute Gasteiger partial charge is 0.332 e. The van der Waals surface area contributed by atoms with E-state index in [4.69, 9.17) is 0 Å². The van der Waals surface area contributed by atoms with Gasteiger partial charge in [0.2, 0.25) is 4.74 Å². The average Bonchev–Trinajstić information content (AvgIpc) is 2.45. The predicted molar refractivity (Wildman–Crippen MR) is 70.7 cm³/mol. The van der Waals surface area contributed by atoms with Crippen molar-refractivity contribution >= 4 is 17.6 Å². The van der Waals surface area contributed by atoms with Crippen LogP contribution in [0.5, 0.6) is 0 Å². The van der Waals surface area contributed by atoms with Gasteiger partial charge in [0.25, 0.3) is 0 Å². The van der Waals surface area contributed by atoms with Crippen molar-refractivity contribution < 1.29 is 4.79 Å². The van der Waals surface area contributed by atoms with Gasteiger partial charge in [-0.15, -0.1) is 0 Å². The highest BCUT2D eigenvalue weighted by Gasteiger charge is 2.27. The zero-order valence-electron chi connectivity index (χ0n) is 11.0. The Kier molecular flexibility index (Phi) is 3.81. The lowest BCUT2D eigenvalue weighted by Crippen LogP contribution is -2.47. The highest BCUT2D eigenvalue weighted by Crippen LogP contribution is 2.26. The van der Waals surface area contributed by atoms with E-state index in [1.54, 1.807) is 0 Å². The van der Waals surface area contributed by atoms with Crippen LogP contribution in [0.3, 0.4) is 0 Å². The quantitative estimate of drug-likeness (QED) is 0.884. The SMILES string of the molecule is CC(C)(C)CC(C)(C)NC(=O)n1ccc(=O)s1. The van der Waals surface area contributed by atoms with Crippen LogP contribution in [0.1, 0.15) is 41.0 Å². The van der Waals surface area contributed by atoms with Crippen LogP contribution in [-0.2, 0) is 0 Å². The fourth-order valence-corrected chi connectivity index (χ4v) is 2.68. The van der Waals surface area contributed by atoms with Gasteiger partial charge in [0.15, 0.2) is 0 Å². The molecule has 1 amide bonds. The summed E-state index contributed by atoms with van der Waals surface area (Å²) in [4.78, 5) is 22.9. The molecule has 0 unspecified atom stereocenters. The van der Waals surface area contributed by atoms with Crippen molar-refractivity contribution in [3.05, 3.63) is 21.8 Å². The minimum absolute atomic E-state index is 0.117. The molecular formula is C12H20N2O2S. The van der Waals surface area contributed by atoms with Crippen LogP contribution < -0.4 is 10.1 Å². The third-order valence-corrected chi connectivity index (χ3v) is 2.95. The summed E-state index contributed by atoms with van der Waals surface area (Å²) in [5, 5.41) is 2.94. The van der Waals surface area contributed by atoms with E-state index < -0.39 is 0 Å². The van der Waals surface area contributed by atoms with Crippen molar-refractivity contribution in [2.24, 2.45) is 5.41 Å². The molecule has 0 aliphatic heterocycles. The van der Waals surface area contributed by atoms with E-state index in [0.717, 1.165) is 18.0 Å². The molecule has 0 spiro atoms. The van der Waals surface area contributed by atoms with Gasteiger partial charge in [-0.25, -0.2) is 8.75 Å². The minimum atomic E-state index is -0.296. The maximum atomic E-state index is 11.9. The van der Waals surface area contributed by atoms with E-state index in [9.17, 15) is 9.59 Å². The van der Waals surface area contributed by atoms with Crippen LogP contribution in [0.25, 0.3) is 0 Å². The van der Waals surface area contributed by atoms with Gasteiger partial charge in [0.1, 0.15) is 0 Å². The molecule has 0 radical (unpaired) electrons. The van der Waals surface area contributed by atoms with Crippen LogP contribution in [0, 0.1) is 5.41 Å². The number of hydrogen-bond donors (Lipinski definition) is 1. The number of rotatable bonds is 2. The van der Waals surface area contributed by atoms with Crippen molar-refractivity contribution in [3.8, 4) is 0 Å². The third kappa shape index (κ3) is 4.73. The fraction of sp³-hybridized carbons (Fsp3) is 0.667. The van der Waals surface area contributed by atoms with Crippen molar-refractivity contribution in [1.82, 2.24) is 9.27 Å². The number of carbonyl (C=O) groups excluding carboxylic acids is 1. The monoisotopic (exact) mass is 256 g/mol. The highest BCUT2D eigenvalue weighted by molar-refractivity contribution is 7.04. The van der Waals surface area contributed by atoms with Crippen LogP contribution in [0.4, 0.5) is 4.79 Å². The number of carbonyl (C=O) groups is 1. The summed E-state index contributed by atoms with van der Waals surface area (Å²) >= 11 is 0.904. The summed E-state index contributed by atoms with van der Waals surface area (Å²) in [6.45, 7) is 10.4. The average molecular weight is 256 g/mol. The molecule has 1 rings (SSSR count). The van der Waals surface area contributed by atoms with Crippen molar-refractivity contribution in [2.75, 3.05) is 0 Å². The van der Waals surface area contributed by atoms with Gasteiger partial charge in [-0.3, -0.25) is 4.79 Å². The first kappa shape index (κ1) is 14.0. The maximum absolute atomic E-state index is 11.9. The van der Waals surface area contributed by atoms with Crippen LogP contribution >= 0.6 is 11.5 Å². The van der Waals surface area contributed by atoms with Crippen LogP contribution in [0.15, 0.2) is 17.1 Å². The summed E-state index contributed by atoms with van der Waals surface area (Å²) in [6, 6.07) is 1.15. The van der Waals surface area contributed by atoms with Gasteiger partial charge in [-0.2, -0.15) is 0 Å². The zero-order chi connectivity index (χ0) is 13.3. The summed E-state index contributed by atoms with van der Waals surface area (Å²) in [5.41, 5.74) is -0.157. The van der Waals surface area contributed by atoms with E-state index in [1.165, 1.54) is 16.2 Å². The Balaban J connectivity index is 2.71. The van der Waals surface area contributed by atoms with Gasteiger partial charge < -0.3 is 5.32 Å². The van der Waals surface area contributed by atoms with Crippen molar-refractivity contribution in [3.63, 3.8) is 0 Å². The molecule has 0 bridgehead atoms. The largest absolute Gasteiger partial charge is 0.335 e. The lowest BCUT2D eigenvalue weighted by molar-refractivity contribution is 0.213. The first-order valence-corrected chi connectivity index (χ1v) is 6.38. The molecule has 0 saturated heterocycles. The lowest BCUT2D eigenvalue weighted by atomic mass is 9.82. The topological polar surface area (TPSA) is 51.1 Å². The fourth-order valence-electron chi connectivity index (χ4n) is 2.11. The van der Waals surface area contributed by atoms with Crippen molar-refractivity contribution in [2.45, 2.75) is 46.6 Å². The summed E-state index contributed by atoms with van der Waals surface area (Å²) in [7, 11) is 0. The Morgan fingerprint density at radius 2 is 1.94 bits per heavy atom. The summed E-state index contributed by atoms with van der Waals surface area (Å²) in [6.07, 6.45) is 2.36. The molecule has 0 atom stereocenters. The Hall–Kier alpha value is -1.10. The molecule has 1 aromatic rings. The normalized spacial score (nSPS) is 12.5. The molecule has 0 aromatic carbocycles. The van der Waals surface area contributed by atoms with Gasteiger partial charge in [-0.05, 0) is 37.2 Å². The Labute approximate surface area is 106 Å². The van der Waals surface area contributed by atoms with Gasteiger partial charge in [0.05, 0.1) is 0 Å². The number of hydrogen-bond acceptors (Lipinski definition) is 3. The third-order valence-electron chi connectivity index (χ3n) is 2.15. The zero-order valence-corrected chi connectivity index (χ0v) is 11.9. The number of nitrogens with one attached hydrogen (secondary N) is 1. The van der Waals surface area contributed by atoms with Gasteiger partial charge >= 0.3 is 6.03 Å². The van der Waals surface area contributed by atoms with Crippen molar-refractivity contribution in [1.29, 1.82) is 0 Å². The molecule has 0 aliphatic carbocycles. The van der Waals surface area contributed by atoms with Gasteiger partial charge in [0, 0.05) is 17.8 Å². The molecule has 4 nitrogen and oxygen atoms in total. The minimum Gasteiger partial charge on any atom is -0.332 e. The predicted octanol–water partition coefficient (Wildman–Crippen LogP) is 2.68. The van der Waals surface area contributed by atoms with Crippen LogP contribution in [0.2, 0.25) is 0 Å². The van der Waals surface area contributed by atoms with E-state index in [1.807, 2.05) is 13.8 Å².